The molecule has 1 aromatic carbocycles. The third-order valence-electron chi connectivity index (χ3n) is 1.31. The standard InChI is InChI=1S/C8H10ClP/c1-2-10(9)8-6-4-3-5-7-8/h3-7H,2H2,1H3. The van der Waals surface area contributed by atoms with Crippen molar-refractivity contribution >= 4 is 23.8 Å². The summed E-state index contributed by atoms with van der Waals surface area (Å²) < 4.78 is 0. The van der Waals surface area contributed by atoms with Gasteiger partial charge in [0.2, 0.25) is 0 Å². The van der Waals surface area contributed by atoms with E-state index in [1.807, 2.05) is 18.2 Å². The number of benzene rings is 1. The monoisotopic (exact) mass is 172 g/mol. The highest BCUT2D eigenvalue weighted by molar-refractivity contribution is 7.89. The molecule has 0 radical (unpaired) electrons. The molecule has 1 unspecified atom stereocenters. The van der Waals surface area contributed by atoms with Gasteiger partial charge >= 0.3 is 0 Å². The van der Waals surface area contributed by atoms with Crippen molar-refractivity contribution in [3.8, 4) is 0 Å². The summed E-state index contributed by atoms with van der Waals surface area (Å²) in [4.78, 5) is 0. The van der Waals surface area contributed by atoms with Gasteiger partial charge in [0.25, 0.3) is 0 Å². The van der Waals surface area contributed by atoms with Gasteiger partial charge in [-0.25, -0.2) is 0 Å². The van der Waals surface area contributed by atoms with Crippen LogP contribution in [0.2, 0.25) is 0 Å². The number of hydrogen-bond acceptors (Lipinski definition) is 0. The smallest absolute Gasteiger partial charge is 0.0209 e. The Morgan fingerprint density at radius 2 is 1.90 bits per heavy atom. The average Bonchev–Trinajstić information content (AvgIpc) is 2.05. The highest BCUT2D eigenvalue weighted by Gasteiger charge is 2.01. The van der Waals surface area contributed by atoms with Gasteiger partial charge in [-0.2, -0.15) is 0 Å². The molecule has 54 valence electrons. The fourth-order valence-electron chi connectivity index (χ4n) is 0.772. The van der Waals surface area contributed by atoms with Crippen molar-refractivity contribution < 1.29 is 0 Å². The lowest BCUT2D eigenvalue weighted by Crippen LogP contribution is -1.95. The van der Waals surface area contributed by atoms with Crippen LogP contribution in [0, 0.1) is 0 Å². The SMILES string of the molecule is CCP(Cl)c1ccccc1. The Kier molecular flexibility index (Phi) is 3.18. The maximum atomic E-state index is 6.06. The molecule has 0 amide bonds. The van der Waals surface area contributed by atoms with Crippen LogP contribution in [0.15, 0.2) is 30.3 Å². The second-order valence-electron chi connectivity index (χ2n) is 2.01. The maximum Gasteiger partial charge on any atom is 0.0209 e. The first-order valence-electron chi connectivity index (χ1n) is 3.33. The second-order valence-corrected chi connectivity index (χ2v) is 5.11. The van der Waals surface area contributed by atoms with Crippen LogP contribution < -0.4 is 5.30 Å². The van der Waals surface area contributed by atoms with E-state index >= 15 is 0 Å². The molecule has 1 rings (SSSR count). The van der Waals surface area contributed by atoms with Gasteiger partial charge in [-0.3, -0.25) is 0 Å². The Balaban J connectivity index is 2.75. The number of rotatable bonds is 2. The largest absolute Gasteiger partial charge is 0.0912 e. The van der Waals surface area contributed by atoms with Crippen molar-refractivity contribution in [1.82, 2.24) is 0 Å². The Labute approximate surface area is 67.8 Å². The summed E-state index contributed by atoms with van der Waals surface area (Å²) in [5, 5.41) is 1.28. The zero-order chi connectivity index (χ0) is 7.40. The fourth-order valence-corrected chi connectivity index (χ4v) is 1.97. The van der Waals surface area contributed by atoms with Crippen LogP contribution in [0.25, 0.3) is 0 Å². The maximum absolute atomic E-state index is 6.06. The van der Waals surface area contributed by atoms with Crippen LogP contribution in [0.1, 0.15) is 6.92 Å². The van der Waals surface area contributed by atoms with Gasteiger partial charge in [0, 0.05) is 7.27 Å². The normalized spacial score (nSPS) is 13.0. The van der Waals surface area contributed by atoms with Gasteiger partial charge < -0.3 is 0 Å². The number of halogens is 1. The zero-order valence-corrected chi connectivity index (χ0v) is 7.57. The predicted molar refractivity (Wildman–Crippen MR) is 49.4 cm³/mol. The van der Waals surface area contributed by atoms with Crippen LogP contribution in [-0.4, -0.2) is 6.16 Å². The molecular formula is C8H10ClP. The van der Waals surface area contributed by atoms with E-state index in [0.717, 1.165) is 6.16 Å². The van der Waals surface area contributed by atoms with E-state index in [0.29, 0.717) is 0 Å². The van der Waals surface area contributed by atoms with Crippen molar-refractivity contribution in [3.05, 3.63) is 30.3 Å². The van der Waals surface area contributed by atoms with E-state index in [1.54, 1.807) is 0 Å². The van der Waals surface area contributed by atoms with E-state index in [2.05, 4.69) is 19.1 Å². The quantitative estimate of drug-likeness (QED) is 0.602. The molecule has 10 heavy (non-hydrogen) atoms. The molecule has 0 aliphatic heterocycles. The van der Waals surface area contributed by atoms with E-state index < -0.39 is 7.27 Å². The zero-order valence-electron chi connectivity index (χ0n) is 5.92. The molecule has 0 aliphatic rings. The fraction of sp³-hybridized carbons (Fsp3) is 0.250. The topological polar surface area (TPSA) is 0 Å². The van der Waals surface area contributed by atoms with Gasteiger partial charge in [0.1, 0.15) is 0 Å². The van der Waals surface area contributed by atoms with Gasteiger partial charge in [-0.15, -0.1) is 0 Å². The van der Waals surface area contributed by atoms with Gasteiger partial charge in [-0.1, -0.05) is 48.5 Å². The highest BCUT2D eigenvalue weighted by Crippen LogP contribution is 2.38. The minimum atomic E-state index is -0.401. The molecule has 0 fully saturated rings. The average molecular weight is 173 g/mol. The third kappa shape index (κ3) is 1.97. The van der Waals surface area contributed by atoms with Crippen molar-refractivity contribution in [2.45, 2.75) is 6.92 Å². The molecule has 0 bridgehead atoms. The summed E-state index contributed by atoms with van der Waals surface area (Å²) in [5.41, 5.74) is 0. The van der Waals surface area contributed by atoms with Crippen LogP contribution in [-0.2, 0) is 0 Å². The van der Waals surface area contributed by atoms with Gasteiger partial charge in [0.15, 0.2) is 0 Å². The lowest BCUT2D eigenvalue weighted by molar-refractivity contribution is 1.52. The first-order chi connectivity index (χ1) is 4.84. The molecule has 0 aromatic heterocycles. The first-order valence-corrected chi connectivity index (χ1v) is 5.76. The van der Waals surface area contributed by atoms with E-state index in [1.165, 1.54) is 5.30 Å². The summed E-state index contributed by atoms with van der Waals surface area (Å²) in [6.07, 6.45) is 1.06. The number of hydrogen-bond donors (Lipinski definition) is 0. The minimum Gasteiger partial charge on any atom is -0.0912 e. The highest BCUT2D eigenvalue weighted by atomic mass is 35.7. The van der Waals surface area contributed by atoms with Crippen LogP contribution in [0.5, 0.6) is 0 Å². The summed E-state index contributed by atoms with van der Waals surface area (Å²) in [6, 6.07) is 10.2. The van der Waals surface area contributed by atoms with Crippen LogP contribution in [0.4, 0.5) is 0 Å². The Morgan fingerprint density at radius 3 is 2.40 bits per heavy atom. The second kappa shape index (κ2) is 3.95. The molecular weight excluding hydrogens is 163 g/mol. The molecule has 0 spiro atoms. The van der Waals surface area contributed by atoms with Crippen LogP contribution >= 0.6 is 18.5 Å². The molecule has 0 saturated heterocycles. The van der Waals surface area contributed by atoms with E-state index in [9.17, 15) is 0 Å². The Morgan fingerprint density at radius 1 is 1.30 bits per heavy atom. The van der Waals surface area contributed by atoms with Crippen molar-refractivity contribution in [1.29, 1.82) is 0 Å². The summed E-state index contributed by atoms with van der Waals surface area (Å²) in [6.45, 7) is 2.12. The van der Waals surface area contributed by atoms with Gasteiger partial charge in [-0.05, 0) is 11.5 Å². The van der Waals surface area contributed by atoms with Crippen molar-refractivity contribution in [2.75, 3.05) is 6.16 Å². The lowest BCUT2D eigenvalue weighted by Gasteiger charge is -2.04. The Hall–Kier alpha value is -0.0600. The van der Waals surface area contributed by atoms with E-state index in [-0.39, 0.29) is 0 Å². The molecule has 2 heteroatoms. The molecule has 1 atom stereocenters. The summed E-state index contributed by atoms with van der Waals surface area (Å²) in [5.74, 6) is 0. The molecule has 1 aromatic rings. The minimum absolute atomic E-state index is 0.401. The molecule has 0 aliphatic carbocycles. The van der Waals surface area contributed by atoms with E-state index in [4.69, 9.17) is 11.2 Å². The molecule has 0 heterocycles. The van der Waals surface area contributed by atoms with Crippen molar-refractivity contribution in [3.63, 3.8) is 0 Å². The summed E-state index contributed by atoms with van der Waals surface area (Å²) >= 11 is 6.06. The molecule has 0 nitrogen and oxygen atoms in total. The Bertz CT molecular complexity index is 186. The lowest BCUT2D eigenvalue weighted by atomic mass is 10.4. The van der Waals surface area contributed by atoms with Crippen LogP contribution in [0.3, 0.4) is 0 Å². The molecule has 0 saturated carbocycles. The molecule has 0 N–H and O–H groups in total. The summed E-state index contributed by atoms with van der Waals surface area (Å²) in [7, 11) is -0.401. The van der Waals surface area contributed by atoms with Crippen molar-refractivity contribution in [2.24, 2.45) is 0 Å². The predicted octanol–water partition coefficient (Wildman–Crippen LogP) is 2.97. The third-order valence-corrected chi connectivity index (χ3v) is 4.03. The first kappa shape index (κ1) is 8.04. The van der Waals surface area contributed by atoms with Gasteiger partial charge in [0.05, 0.1) is 0 Å².